The van der Waals surface area contributed by atoms with E-state index in [1.165, 1.54) is 19.3 Å². The van der Waals surface area contributed by atoms with Gasteiger partial charge in [-0.15, -0.1) is 0 Å². The molecule has 1 N–H and O–H groups in total. The van der Waals surface area contributed by atoms with Crippen molar-refractivity contribution in [1.82, 2.24) is 15.1 Å². The molecule has 1 aliphatic heterocycles. The zero-order valence-electron chi connectivity index (χ0n) is 11.8. The number of likely N-dealkylation sites (N-methyl/N-ethyl adjacent to an activating group) is 1. The third kappa shape index (κ3) is 2.00. The lowest BCUT2D eigenvalue weighted by molar-refractivity contribution is -0.131. The maximum atomic E-state index is 12.2. The van der Waals surface area contributed by atoms with Crippen molar-refractivity contribution in [2.75, 3.05) is 39.8 Å². The van der Waals surface area contributed by atoms with Crippen molar-refractivity contribution in [2.45, 2.75) is 25.3 Å². The summed E-state index contributed by atoms with van der Waals surface area (Å²) in [6.07, 6.45) is 4.40. The van der Waals surface area contributed by atoms with Crippen LogP contribution in [0.5, 0.6) is 0 Å². The Kier molecular flexibility index (Phi) is 2.85. The molecule has 4 nitrogen and oxygen atoms in total. The number of piperazine rings is 1. The second-order valence-corrected chi connectivity index (χ2v) is 7.08. The molecule has 2 bridgehead atoms. The Balaban J connectivity index is 1.24. The smallest absolute Gasteiger partial charge is 0.236 e. The van der Waals surface area contributed by atoms with Gasteiger partial charge in [-0.1, -0.05) is 0 Å². The molecule has 1 heterocycles. The summed E-state index contributed by atoms with van der Waals surface area (Å²) in [4.78, 5) is 16.5. The number of nitrogens with zero attached hydrogens (tertiary/aromatic N) is 2. The molecule has 4 aliphatic rings. The highest BCUT2D eigenvalue weighted by Gasteiger charge is 2.64. The van der Waals surface area contributed by atoms with E-state index < -0.39 is 0 Å². The molecule has 106 valence electrons. The topological polar surface area (TPSA) is 35.6 Å². The average molecular weight is 263 g/mol. The van der Waals surface area contributed by atoms with Gasteiger partial charge in [-0.25, -0.2) is 0 Å². The molecule has 0 aromatic rings. The van der Waals surface area contributed by atoms with Gasteiger partial charge in [0.05, 0.1) is 6.54 Å². The second kappa shape index (κ2) is 4.45. The Hall–Kier alpha value is -0.610. The maximum absolute atomic E-state index is 12.2. The Morgan fingerprint density at radius 1 is 1.11 bits per heavy atom. The summed E-state index contributed by atoms with van der Waals surface area (Å²) in [6.45, 7) is 4.41. The van der Waals surface area contributed by atoms with Crippen LogP contribution in [0.2, 0.25) is 0 Å². The van der Waals surface area contributed by atoms with Crippen molar-refractivity contribution in [3.63, 3.8) is 0 Å². The van der Waals surface area contributed by atoms with Crippen LogP contribution in [0.1, 0.15) is 19.3 Å². The molecule has 4 heteroatoms. The van der Waals surface area contributed by atoms with Crippen molar-refractivity contribution >= 4 is 5.91 Å². The summed E-state index contributed by atoms with van der Waals surface area (Å²) in [6, 6.07) is 0.683. The fourth-order valence-electron chi connectivity index (χ4n) is 4.97. The van der Waals surface area contributed by atoms with Crippen LogP contribution in [-0.2, 0) is 4.79 Å². The number of nitrogens with one attached hydrogen (secondary N) is 1. The molecule has 0 aromatic carbocycles. The SMILES string of the molecule is CN1CCN(C(=O)CNC2C3C4CCC(C4)C23)CC1. The fraction of sp³-hybridized carbons (Fsp3) is 0.933. The number of carbonyl (C=O) groups excluding carboxylic acids is 1. The standard InChI is InChI=1S/C15H25N3O/c1-17-4-6-18(7-5-17)12(19)9-16-15-13-10-2-3-11(8-10)14(13)15/h10-11,13-16H,2-9H2,1H3. The second-order valence-electron chi connectivity index (χ2n) is 7.08. The molecule has 0 spiro atoms. The number of amides is 1. The van der Waals surface area contributed by atoms with Gasteiger partial charge < -0.3 is 15.1 Å². The monoisotopic (exact) mass is 263 g/mol. The van der Waals surface area contributed by atoms with Crippen LogP contribution >= 0.6 is 0 Å². The van der Waals surface area contributed by atoms with Gasteiger partial charge in [-0.3, -0.25) is 4.79 Å². The summed E-state index contributed by atoms with van der Waals surface area (Å²) in [5.41, 5.74) is 0. The number of fused-ring (bicyclic) bond motifs is 5. The summed E-state index contributed by atoms with van der Waals surface area (Å²) >= 11 is 0. The van der Waals surface area contributed by atoms with Gasteiger partial charge in [0.2, 0.25) is 5.91 Å². The molecule has 4 rings (SSSR count). The van der Waals surface area contributed by atoms with Gasteiger partial charge >= 0.3 is 0 Å². The Labute approximate surface area is 115 Å². The average Bonchev–Trinajstić information content (AvgIpc) is 2.80. The van der Waals surface area contributed by atoms with E-state index in [4.69, 9.17) is 0 Å². The van der Waals surface area contributed by atoms with Crippen LogP contribution in [0, 0.1) is 23.7 Å². The third-order valence-corrected chi connectivity index (χ3v) is 6.08. The molecule has 3 aliphatic carbocycles. The van der Waals surface area contributed by atoms with Gasteiger partial charge in [-0.2, -0.15) is 0 Å². The Bertz CT molecular complexity index is 362. The predicted octanol–water partition coefficient (Wildman–Crippen LogP) is 0.395. The lowest BCUT2D eigenvalue weighted by atomic mass is 10.0. The predicted molar refractivity (Wildman–Crippen MR) is 73.7 cm³/mol. The highest BCUT2D eigenvalue weighted by atomic mass is 16.2. The number of hydrogen-bond acceptors (Lipinski definition) is 3. The molecule has 0 radical (unpaired) electrons. The fourth-order valence-corrected chi connectivity index (χ4v) is 4.97. The van der Waals surface area contributed by atoms with Crippen molar-refractivity contribution < 1.29 is 4.79 Å². The summed E-state index contributed by atoms with van der Waals surface area (Å²) < 4.78 is 0. The van der Waals surface area contributed by atoms with E-state index in [2.05, 4.69) is 17.3 Å². The largest absolute Gasteiger partial charge is 0.339 e. The lowest BCUT2D eigenvalue weighted by Crippen LogP contribution is -2.49. The van der Waals surface area contributed by atoms with E-state index in [1.54, 1.807) is 0 Å². The molecule has 19 heavy (non-hydrogen) atoms. The number of rotatable bonds is 3. The van der Waals surface area contributed by atoms with E-state index in [9.17, 15) is 4.79 Å². The third-order valence-electron chi connectivity index (χ3n) is 6.08. The van der Waals surface area contributed by atoms with Crippen molar-refractivity contribution in [3.8, 4) is 0 Å². The first-order valence-corrected chi connectivity index (χ1v) is 7.94. The van der Waals surface area contributed by atoms with Crippen molar-refractivity contribution in [2.24, 2.45) is 23.7 Å². The van der Waals surface area contributed by atoms with E-state index in [1.807, 2.05) is 4.90 Å². The molecule has 4 unspecified atom stereocenters. The molecular formula is C15H25N3O. The van der Waals surface area contributed by atoms with Gasteiger partial charge in [0.25, 0.3) is 0 Å². The van der Waals surface area contributed by atoms with Crippen LogP contribution in [0.4, 0.5) is 0 Å². The first-order valence-electron chi connectivity index (χ1n) is 7.94. The van der Waals surface area contributed by atoms with Crippen molar-refractivity contribution in [3.05, 3.63) is 0 Å². The zero-order chi connectivity index (χ0) is 13.0. The maximum Gasteiger partial charge on any atom is 0.236 e. The Morgan fingerprint density at radius 2 is 1.74 bits per heavy atom. The van der Waals surface area contributed by atoms with Gasteiger partial charge in [0.15, 0.2) is 0 Å². The molecule has 3 saturated carbocycles. The van der Waals surface area contributed by atoms with Gasteiger partial charge in [0.1, 0.15) is 0 Å². The summed E-state index contributed by atoms with van der Waals surface area (Å²) in [5.74, 6) is 4.15. The highest BCUT2D eigenvalue weighted by molar-refractivity contribution is 5.78. The highest BCUT2D eigenvalue weighted by Crippen LogP contribution is 2.65. The van der Waals surface area contributed by atoms with E-state index in [-0.39, 0.29) is 0 Å². The minimum atomic E-state index is 0.311. The lowest BCUT2D eigenvalue weighted by Gasteiger charge is -2.32. The first-order chi connectivity index (χ1) is 9.24. The van der Waals surface area contributed by atoms with E-state index in [0.717, 1.165) is 49.9 Å². The quantitative estimate of drug-likeness (QED) is 0.800. The summed E-state index contributed by atoms with van der Waals surface area (Å²) in [7, 11) is 2.13. The molecule has 0 aromatic heterocycles. The molecular weight excluding hydrogens is 238 g/mol. The van der Waals surface area contributed by atoms with E-state index >= 15 is 0 Å². The minimum Gasteiger partial charge on any atom is -0.339 e. The molecule has 1 saturated heterocycles. The molecule has 4 fully saturated rings. The van der Waals surface area contributed by atoms with Crippen LogP contribution in [0.15, 0.2) is 0 Å². The van der Waals surface area contributed by atoms with Gasteiger partial charge in [-0.05, 0) is 50.0 Å². The zero-order valence-corrected chi connectivity index (χ0v) is 11.8. The summed E-state index contributed by atoms with van der Waals surface area (Å²) in [5, 5.41) is 3.56. The molecule has 1 amide bonds. The number of hydrogen-bond donors (Lipinski definition) is 1. The van der Waals surface area contributed by atoms with Crippen LogP contribution in [0.3, 0.4) is 0 Å². The van der Waals surface area contributed by atoms with Crippen LogP contribution in [0.25, 0.3) is 0 Å². The van der Waals surface area contributed by atoms with Gasteiger partial charge in [0, 0.05) is 32.2 Å². The normalized spacial score (nSPS) is 44.5. The number of carbonyl (C=O) groups is 1. The Morgan fingerprint density at radius 3 is 2.37 bits per heavy atom. The van der Waals surface area contributed by atoms with Crippen LogP contribution in [-0.4, -0.2) is 61.5 Å². The van der Waals surface area contributed by atoms with Crippen LogP contribution < -0.4 is 5.32 Å². The molecule has 4 atom stereocenters. The van der Waals surface area contributed by atoms with E-state index in [0.29, 0.717) is 18.5 Å². The van der Waals surface area contributed by atoms with Crippen molar-refractivity contribution in [1.29, 1.82) is 0 Å². The first kappa shape index (κ1) is 12.2. The minimum absolute atomic E-state index is 0.311.